The van der Waals surface area contributed by atoms with Crippen LogP contribution in [0, 0.1) is 0 Å². The summed E-state index contributed by atoms with van der Waals surface area (Å²) in [5, 5.41) is 0. The van der Waals surface area contributed by atoms with Gasteiger partial charge in [-0.05, 0) is 0 Å². The predicted molar refractivity (Wildman–Crippen MR) is 13.6 cm³/mol. The Bertz CT molecular complexity index is 17.1. The molecule has 26 valence electrons. The first-order valence-electron chi connectivity index (χ1n) is 0.471. The van der Waals surface area contributed by atoms with Gasteiger partial charge in [-0.15, -0.1) is 0 Å². The first-order chi connectivity index (χ1) is 1.41. The molecule has 0 rings (SSSR count). The molecule has 0 radical (unpaired) electrons. The van der Waals surface area contributed by atoms with E-state index in [1.165, 1.54) is 0 Å². The number of halogens is 1. The van der Waals surface area contributed by atoms with Crippen LogP contribution in [0.2, 0.25) is 0 Å². The van der Waals surface area contributed by atoms with Crippen LogP contribution in [-0.2, 0) is 3.78 Å². The normalized spacial score (nSPS) is 2.40. The number of rotatable bonds is 0. The van der Waals surface area contributed by atoms with Crippen molar-refractivity contribution in [2.45, 2.75) is 0 Å². The van der Waals surface area contributed by atoms with E-state index in [9.17, 15) is 0 Å². The molecule has 0 bridgehead atoms. The average Bonchev–Trinajstić information content (AvgIpc) is 0.918. The van der Waals surface area contributed by atoms with E-state index < -0.39 is 15.7 Å². The number of hydrogen-bond donors (Lipinski definition) is 0. The van der Waals surface area contributed by atoms with Gasteiger partial charge in [0.2, 0.25) is 0 Å². The summed E-state index contributed by atoms with van der Waals surface area (Å²) >= 11 is -2.19. The maximum absolute atomic E-state index is 8.53. The summed E-state index contributed by atoms with van der Waals surface area (Å²) in [4.78, 5) is 0. The Kier molecular flexibility index (Phi) is 55.5. The van der Waals surface area contributed by atoms with Crippen molar-refractivity contribution in [2.75, 3.05) is 0 Å². The summed E-state index contributed by atoms with van der Waals surface area (Å²) < 4.78 is 17.1. The summed E-state index contributed by atoms with van der Waals surface area (Å²) in [6.45, 7) is 0. The SMILES string of the molecule is [Ba+2].[F-].[O]=[GeH][O-]. The van der Waals surface area contributed by atoms with E-state index in [0.717, 1.165) is 0 Å². The van der Waals surface area contributed by atoms with E-state index in [4.69, 9.17) is 7.91 Å². The van der Waals surface area contributed by atoms with Crippen molar-refractivity contribution in [3.8, 4) is 0 Å². The Morgan fingerprint density at radius 1 is 1.60 bits per heavy atom. The van der Waals surface area contributed by atoms with Crippen LogP contribution in [0.1, 0.15) is 0 Å². The molecule has 0 aliphatic rings. The molecule has 0 saturated heterocycles. The van der Waals surface area contributed by atoms with Crippen LogP contribution in [0.15, 0.2) is 0 Å². The van der Waals surface area contributed by atoms with Gasteiger partial charge in [-0.1, -0.05) is 0 Å². The molecule has 0 aliphatic carbocycles. The molecular formula is HBaFGeO2. The summed E-state index contributed by atoms with van der Waals surface area (Å²) in [5.74, 6) is 0. The Morgan fingerprint density at radius 3 is 1.60 bits per heavy atom. The quantitative estimate of drug-likeness (QED) is 0.409. The van der Waals surface area contributed by atoms with Gasteiger partial charge in [0.15, 0.2) is 0 Å². The Hall–Kier alpha value is 1.64. The molecule has 0 unspecified atom stereocenters. The van der Waals surface area contributed by atoms with Crippen molar-refractivity contribution in [1.82, 2.24) is 0 Å². The van der Waals surface area contributed by atoms with Crippen LogP contribution in [0.4, 0.5) is 0 Å². The van der Waals surface area contributed by atoms with Crippen molar-refractivity contribution >= 4 is 64.6 Å². The van der Waals surface area contributed by atoms with Crippen molar-refractivity contribution in [3.63, 3.8) is 0 Å². The Balaban J connectivity index is -0.0000000200. The van der Waals surface area contributed by atoms with Gasteiger partial charge in [0.1, 0.15) is 0 Å². The fourth-order valence-corrected chi connectivity index (χ4v) is 0. The van der Waals surface area contributed by atoms with E-state index in [2.05, 4.69) is 0 Å². The molecular weight excluding hydrogens is 261 g/mol. The maximum atomic E-state index is 8.53. The zero-order valence-electron chi connectivity index (χ0n) is 2.48. The molecule has 0 N–H and O–H groups in total. The van der Waals surface area contributed by atoms with E-state index >= 15 is 0 Å². The second-order valence-corrected chi connectivity index (χ2v) is 0.500. The predicted octanol–water partition coefficient (Wildman–Crippen LogP) is -5.33. The van der Waals surface area contributed by atoms with Crippen molar-refractivity contribution in [1.29, 1.82) is 0 Å². The molecule has 0 aromatic carbocycles. The van der Waals surface area contributed by atoms with Gasteiger partial charge >= 0.3 is 72.5 Å². The topological polar surface area (TPSA) is 40.1 Å². The molecule has 0 amide bonds. The molecule has 0 fully saturated rings. The van der Waals surface area contributed by atoms with Gasteiger partial charge in [0.25, 0.3) is 0 Å². The molecule has 0 heterocycles. The van der Waals surface area contributed by atoms with Gasteiger partial charge in [-0.25, -0.2) is 0 Å². The third kappa shape index (κ3) is 27.7. The fraction of sp³-hybridized carbons (Fsp3) is 0. The van der Waals surface area contributed by atoms with Crippen LogP contribution < -0.4 is 8.84 Å². The molecule has 0 atom stereocenters. The zero-order chi connectivity index (χ0) is 2.71. The fourth-order valence-electron chi connectivity index (χ4n) is 0. The van der Waals surface area contributed by atoms with Crippen LogP contribution in [0.5, 0.6) is 0 Å². The Labute approximate surface area is 75.8 Å². The van der Waals surface area contributed by atoms with E-state index in [-0.39, 0.29) is 53.6 Å². The van der Waals surface area contributed by atoms with Crippen molar-refractivity contribution in [2.24, 2.45) is 0 Å². The van der Waals surface area contributed by atoms with Crippen LogP contribution in [0.3, 0.4) is 0 Å². The van der Waals surface area contributed by atoms with Gasteiger partial charge in [-0.2, -0.15) is 0 Å². The number of hydrogen-bond acceptors (Lipinski definition) is 2. The van der Waals surface area contributed by atoms with Crippen molar-refractivity contribution in [3.05, 3.63) is 0 Å². The minimum atomic E-state index is -2.19. The summed E-state index contributed by atoms with van der Waals surface area (Å²) in [6.07, 6.45) is 0. The molecule has 0 saturated carbocycles. The molecule has 5 heavy (non-hydrogen) atoms. The molecule has 0 spiro atoms. The Morgan fingerprint density at radius 2 is 1.60 bits per heavy atom. The second-order valence-electron chi connectivity index (χ2n) is 0.0962. The van der Waals surface area contributed by atoms with E-state index in [1.54, 1.807) is 0 Å². The molecule has 0 aromatic heterocycles. The zero-order valence-corrected chi connectivity index (χ0v) is 9.34. The second kappa shape index (κ2) is 17.4. The standard InChI is InChI=1S/Ba.FH.GeHO2/c;;2-1-3/h;1H;1H/q+2;;-1/p-1. The molecule has 0 aromatic rings. The summed E-state index contributed by atoms with van der Waals surface area (Å²) in [7, 11) is 0. The van der Waals surface area contributed by atoms with Gasteiger partial charge in [0, 0.05) is 0 Å². The third-order valence-corrected chi connectivity index (χ3v) is 0. The monoisotopic (exact) mass is 264 g/mol. The van der Waals surface area contributed by atoms with Crippen LogP contribution in [0.25, 0.3) is 0 Å². The van der Waals surface area contributed by atoms with Crippen LogP contribution >= 0.6 is 0 Å². The van der Waals surface area contributed by atoms with E-state index in [0.29, 0.717) is 0 Å². The van der Waals surface area contributed by atoms with Crippen LogP contribution in [-0.4, -0.2) is 64.6 Å². The average molecular weight is 262 g/mol. The molecule has 5 heteroatoms. The third-order valence-electron chi connectivity index (χ3n) is 0. The van der Waals surface area contributed by atoms with Crippen molar-refractivity contribution < 1.29 is 12.6 Å². The van der Waals surface area contributed by atoms with Gasteiger partial charge in [0.05, 0.1) is 0 Å². The molecule has 2 nitrogen and oxygen atoms in total. The first-order valence-corrected chi connectivity index (χ1v) is 2.45. The van der Waals surface area contributed by atoms with Gasteiger partial charge in [-0.3, -0.25) is 0 Å². The summed E-state index contributed by atoms with van der Waals surface area (Å²) in [5.41, 5.74) is 0. The van der Waals surface area contributed by atoms with E-state index in [1.807, 2.05) is 0 Å². The first kappa shape index (κ1) is 15.9. The minimum absolute atomic E-state index is 0. The summed E-state index contributed by atoms with van der Waals surface area (Å²) in [6, 6.07) is 0. The molecule has 0 aliphatic heterocycles. The van der Waals surface area contributed by atoms with Gasteiger partial charge < -0.3 is 4.70 Å².